The second-order valence-electron chi connectivity index (χ2n) is 8.08. The van der Waals surface area contributed by atoms with E-state index in [9.17, 15) is 8.78 Å². The van der Waals surface area contributed by atoms with Crippen LogP contribution in [0.5, 0.6) is 0 Å². The van der Waals surface area contributed by atoms with E-state index >= 15 is 0 Å². The number of hydrogen-bond acceptors (Lipinski definition) is 2. The second kappa shape index (κ2) is 8.00. The molecule has 0 aliphatic heterocycles. The Kier molecular flexibility index (Phi) is 5.44. The molecule has 28 heavy (non-hydrogen) atoms. The van der Waals surface area contributed by atoms with Crippen molar-refractivity contribution in [2.24, 2.45) is 11.7 Å². The molecule has 3 N–H and O–H groups in total. The van der Waals surface area contributed by atoms with Crippen molar-refractivity contribution in [3.8, 4) is 11.1 Å². The first kappa shape index (κ1) is 19.1. The number of rotatable bonds is 5. The van der Waals surface area contributed by atoms with E-state index in [0.29, 0.717) is 17.9 Å². The predicted molar refractivity (Wildman–Crippen MR) is 109 cm³/mol. The Hall–Kier alpha value is -2.27. The van der Waals surface area contributed by atoms with Gasteiger partial charge in [-0.2, -0.15) is 0 Å². The largest absolute Gasteiger partial charge is 0.345 e. The Morgan fingerprint density at radius 2 is 1.86 bits per heavy atom. The van der Waals surface area contributed by atoms with E-state index in [0.717, 1.165) is 28.6 Å². The van der Waals surface area contributed by atoms with E-state index in [1.807, 2.05) is 19.1 Å². The highest BCUT2D eigenvalue weighted by atomic mass is 19.1. The summed E-state index contributed by atoms with van der Waals surface area (Å²) in [5.74, 6) is -0.478. The zero-order chi connectivity index (χ0) is 19.7. The lowest BCUT2D eigenvalue weighted by Gasteiger charge is -2.23. The number of H-pyrrole nitrogens is 1. The van der Waals surface area contributed by atoms with Gasteiger partial charge in [-0.05, 0) is 60.6 Å². The predicted octanol–water partition coefficient (Wildman–Crippen LogP) is 6.18. The van der Waals surface area contributed by atoms with Gasteiger partial charge in [-0.15, -0.1) is 0 Å². The number of nitrogens with two attached hydrogens (primary N) is 1. The van der Waals surface area contributed by atoms with E-state index in [1.165, 1.54) is 44.2 Å². The second-order valence-corrected chi connectivity index (χ2v) is 8.08. The first-order chi connectivity index (χ1) is 13.5. The van der Waals surface area contributed by atoms with E-state index in [4.69, 9.17) is 5.73 Å². The fraction of sp³-hybridized carbons (Fsp3) is 0.435. The van der Waals surface area contributed by atoms with E-state index in [2.05, 4.69) is 9.97 Å². The Balaban J connectivity index is 1.58. The number of aromatic nitrogens is 2. The number of nitrogens with one attached hydrogen (secondary N) is 1. The van der Waals surface area contributed by atoms with Crippen LogP contribution in [0.4, 0.5) is 8.78 Å². The molecule has 1 atom stereocenters. The lowest BCUT2D eigenvalue weighted by atomic mass is 9.84. The van der Waals surface area contributed by atoms with Gasteiger partial charge in [0.05, 0.1) is 17.4 Å². The van der Waals surface area contributed by atoms with Gasteiger partial charge < -0.3 is 10.7 Å². The molecule has 0 bridgehead atoms. The molecule has 0 radical (unpaired) electrons. The van der Waals surface area contributed by atoms with Crippen LogP contribution in [0, 0.1) is 24.5 Å². The fourth-order valence-corrected chi connectivity index (χ4v) is 4.59. The molecule has 1 aromatic heterocycles. The standard InChI is InChI=1S/C23H27F2N3/c1-14-17(8-10-21-23(14)28-13-27-21)16-11-18(24)22(19(25)12-16)20(26)9-7-15-5-3-2-4-6-15/h8,10-13,15,20H,2-7,9,26H2,1H3,(H,27,28). The molecule has 1 heterocycles. The molecule has 1 aliphatic carbocycles. The average molecular weight is 383 g/mol. The normalized spacial score (nSPS) is 16.6. The number of halogens is 2. The molecule has 4 rings (SSSR count). The highest BCUT2D eigenvalue weighted by Gasteiger charge is 2.21. The zero-order valence-electron chi connectivity index (χ0n) is 16.3. The van der Waals surface area contributed by atoms with Gasteiger partial charge in [0.1, 0.15) is 11.6 Å². The summed E-state index contributed by atoms with van der Waals surface area (Å²) in [7, 11) is 0. The van der Waals surface area contributed by atoms with Crippen molar-refractivity contribution in [1.29, 1.82) is 0 Å². The van der Waals surface area contributed by atoms with Crippen LogP contribution in [0.15, 0.2) is 30.6 Å². The maximum Gasteiger partial charge on any atom is 0.131 e. The molecular formula is C23H27F2N3. The summed E-state index contributed by atoms with van der Waals surface area (Å²) in [6.45, 7) is 1.91. The van der Waals surface area contributed by atoms with Crippen molar-refractivity contribution < 1.29 is 8.78 Å². The van der Waals surface area contributed by atoms with Crippen LogP contribution in [0.25, 0.3) is 22.2 Å². The monoisotopic (exact) mass is 383 g/mol. The maximum absolute atomic E-state index is 14.9. The topological polar surface area (TPSA) is 54.7 Å². The molecule has 0 amide bonds. The van der Waals surface area contributed by atoms with E-state index in [-0.39, 0.29) is 5.56 Å². The molecule has 1 saturated carbocycles. The van der Waals surface area contributed by atoms with E-state index < -0.39 is 17.7 Å². The summed E-state index contributed by atoms with van der Waals surface area (Å²) in [4.78, 5) is 7.35. The Morgan fingerprint density at radius 1 is 1.14 bits per heavy atom. The van der Waals surface area contributed by atoms with Crippen molar-refractivity contribution in [3.05, 3.63) is 53.4 Å². The van der Waals surface area contributed by atoms with Crippen LogP contribution >= 0.6 is 0 Å². The van der Waals surface area contributed by atoms with Gasteiger partial charge in [0, 0.05) is 11.6 Å². The van der Waals surface area contributed by atoms with Crippen molar-refractivity contribution in [2.45, 2.75) is 57.9 Å². The molecule has 1 aliphatic rings. The third kappa shape index (κ3) is 3.68. The maximum atomic E-state index is 14.9. The van der Waals surface area contributed by atoms with Crippen LogP contribution in [-0.2, 0) is 0 Å². The smallest absolute Gasteiger partial charge is 0.131 e. The lowest BCUT2D eigenvalue weighted by molar-refractivity contribution is 0.321. The number of aryl methyl sites for hydroxylation is 1. The molecule has 1 fully saturated rings. The molecule has 2 aromatic carbocycles. The zero-order valence-corrected chi connectivity index (χ0v) is 16.3. The van der Waals surface area contributed by atoms with Gasteiger partial charge in [0.15, 0.2) is 0 Å². The summed E-state index contributed by atoms with van der Waals surface area (Å²) in [5.41, 5.74) is 10.1. The van der Waals surface area contributed by atoms with Gasteiger partial charge in [-0.25, -0.2) is 13.8 Å². The molecule has 5 heteroatoms. The summed E-state index contributed by atoms with van der Waals surface area (Å²) in [6.07, 6.45) is 9.44. The van der Waals surface area contributed by atoms with Gasteiger partial charge in [0.2, 0.25) is 0 Å². The van der Waals surface area contributed by atoms with Gasteiger partial charge in [0.25, 0.3) is 0 Å². The van der Waals surface area contributed by atoms with Gasteiger partial charge in [-0.3, -0.25) is 0 Å². The molecule has 3 aromatic rings. The van der Waals surface area contributed by atoms with Crippen LogP contribution in [0.2, 0.25) is 0 Å². The van der Waals surface area contributed by atoms with Gasteiger partial charge in [-0.1, -0.05) is 38.2 Å². The summed E-state index contributed by atoms with van der Waals surface area (Å²) in [5, 5.41) is 0. The Morgan fingerprint density at radius 3 is 2.57 bits per heavy atom. The van der Waals surface area contributed by atoms with E-state index in [1.54, 1.807) is 6.33 Å². The fourth-order valence-electron chi connectivity index (χ4n) is 4.59. The molecule has 0 saturated heterocycles. The molecule has 3 nitrogen and oxygen atoms in total. The van der Waals surface area contributed by atoms with Crippen molar-refractivity contribution in [3.63, 3.8) is 0 Å². The summed E-state index contributed by atoms with van der Waals surface area (Å²) >= 11 is 0. The van der Waals surface area contributed by atoms with Crippen molar-refractivity contribution >= 4 is 11.0 Å². The SMILES string of the molecule is Cc1c(-c2cc(F)c(C(N)CCC3CCCCC3)c(F)c2)ccc2[nH]cnc12. The average Bonchev–Trinajstić information content (AvgIpc) is 3.16. The van der Waals surface area contributed by atoms with Crippen LogP contribution in [0.1, 0.15) is 62.1 Å². The Labute approximate surface area is 164 Å². The molecular weight excluding hydrogens is 356 g/mol. The minimum Gasteiger partial charge on any atom is -0.345 e. The third-order valence-electron chi connectivity index (χ3n) is 6.22. The quantitative estimate of drug-likeness (QED) is 0.553. The summed E-state index contributed by atoms with van der Waals surface area (Å²) in [6, 6.07) is 5.95. The van der Waals surface area contributed by atoms with Crippen LogP contribution in [0.3, 0.4) is 0 Å². The minimum absolute atomic E-state index is 0.0121. The lowest BCUT2D eigenvalue weighted by Crippen LogP contribution is -2.17. The number of fused-ring (bicyclic) bond motifs is 1. The number of benzene rings is 2. The first-order valence-corrected chi connectivity index (χ1v) is 10.2. The number of aromatic amines is 1. The Bertz CT molecular complexity index is 950. The van der Waals surface area contributed by atoms with Crippen molar-refractivity contribution in [1.82, 2.24) is 9.97 Å². The van der Waals surface area contributed by atoms with Crippen LogP contribution in [-0.4, -0.2) is 9.97 Å². The highest BCUT2D eigenvalue weighted by Crippen LogP contribution is 2.34. The first-order valence-electron chi connectivity index (χ1n) is 10.2. The molecule has 0 spiro atoms. The highest BCUT2D eigenvalue weighted by molar-refractivity contribution is 5.86. The molecule has 148 valence electrons. The third-order valence-corrected chi connectivity index (χ3v) is 6.22. The van der Waals surface area contributed by atoms with Crippen LogP contribution < -0.4 is 5.73 Å². The van der Waals surface area contributed by atoms with Gasteiger partial charge >= 0.3 is 0 Å². The number of hydrogen-bond donors (Lipinski definition) is 2. The van der Waals surface area contributed by atoms with Crippen molar-refractivity contribution in [2.75, 3.05) is 0 Å². The number of imidazole rings is 1. The minimum atomic E-state index is -0.606. The summed E-state index contributed by atoms with van der Waals surface area (Å²) < 4.78 is 29.7. The number of nitrogens with zero attached hydrogens (tertiary/aromatic N) is 1. The molecule has 1 unspecified atom stereocenters.